The van der Waals surface area contributed by atoms with Crippen molar-refractivity contribution in [3.05, 3.63) is 0 Å². The summed E-state index contributed by atoms with van der Waals surface area (Å²) < 4.78 is 5.15. The van der Waals surface area contributed by atoms with Crippen LogP contribution < -0.4 is 5.73 Å². The standard InChI is InChI=1S/C9H20N2OS/c1-8-6-11(3-4-13-8)9(5-10)7-12-2/h8-9H,3-7,10H2,1-2H3. The molecule has 0 saturated carbocycles. The van der Waals surface area contributed by atoms with Crippen LogP contribution in [0.1, 0.15) is 6.92 Å². The van der Waals surface area contributed by atoms with Gasteiger partial charge in [0.05, 0.1) is 6.61 Å². The van der Waals surface area contributed by atoms with Gasteiger partial charge in [-0.15, -0.1) is 0 Å². The number of nitrogens with zero attached hydrogens (tertiary/aromatic N) is 1. The Morgan fingerprint density at radius 2 is 2.46 bits per heavy atom. The summed E-state index contributed by atoms with van der Waals surface area (Å²) in [4.78, 5) is 2.45. The van der Waals surface area contributed by atoms with Crippen LogP contribution in [0, 0.1) is 0 Å². The van der Waals surface area contributed by atoms with E-state index in [-0.39, 0.29) is 0 Å². The fourth-order valence-corrected chi connectivity index (χ4v) is 2.73. The van der Waals surface area contributed by atoms with E-state index in [0.717, 1.165) is 24.9 Å². The lowest BCUT2D eigenvalue weighted by atomic mass is 10.2. The van der Waals surface area contributed by atoms with E-state index in [1.54, 1.807) is 7.11 Å². The molecule has 0 aromatic rings. The highest BCUT2D eigenvalue weighted by Crippen LogP contribution is 2.19. The maximum absolute atomic E-state index is 5.71. The molecule has 1 fully saturated rings. The van der Waals surface area contributed by atoms with Gasteiger partial charge in [-0.3, -0.25) is 4.90 Å². The lowest BCUT2D eigenvalue weighted by Gasteiger charge is -2.36. The van der Waals surface area contributed by atoms with Gasteiger partial charge in [0.15, 0.2) is 0 Å². The van der Waals surface area contributed by atoms with Crippen molar-refractivity contribution in [2.24, 2.45) is 5.73 Å². The molecule has 78 valence electrons. The van der Waals surface area contributed by atoms with E-state index < -0.39 is 0 Å². The maximum atomic E-state index is 5.71. The molecular formula is C9H20N2OS. The van der Waals surface area contributed by atoms with Gasteiger partial charge in [0.25, 0.3) is 0 Å². The summed E-state index contributed by atoms with van der Waals surface area (Å²) in [7, 11) is 1.74. The zero-order valence-corrected chi connectivity index (χ0v) is 9.35. The first-order valence-electron chi connectivity index (χ1n) is 4.82. The van der Waals surface area contributed by atoms with E-state index in [9.17, 15) is 0 Å². The Morgan fingerprint density at radius 3 is 3.00 bits per heavy atom. The Labute approximate surface area is 85.0 Å². The van der Waals surface area contributed by atoms with Crippen LogP contribution in [0.3, 0.4) is 0 Å². The number of thioether (sulfide) groups is 1. The Hall–Kier alpha value is 0.230. The summed E-state index contributed by atoms with van der Waals surface area (Å²) in [5, 5.41) is 0.736. The van der Waals surface area contributed by atoms with Crippen LogP contribution in [0.25, 0.3) is 0 Å². The molecule has 2 atom stereocenters. The van der Waals surface area contributed by atoms with E-state index >= 15 is 0 Å². The average Bonchev–Trinajstić information content (AvgIpc) is 2.14. The minimum atomic E-state index is 0.411. The predicted molar refractivity (Wildman–Crippen MR) is 58.2 cm³/mol. The summed E-state index contributed by atoms with van der Waals surface area (Å²) in [6.45, 7) is 6.03. The second-order valence-electron chi connectivity index (χ2n) is 3.52. The highest BCUT2D eigenvalue weighted by atomic mass is 32.2. The molecular weight excluding hydrogens is 184 g/mol. The zero-order chi connectivity index (χ0) is 9.68. The van der Waals surface area contributed by atoms with E-state index in [4.69, 9.17) is 10.5 Å². The van der Waals surface area contributed by atoms with Gasteiger partial charge in [0, 0.05) is 43.8 Å². The first-order chi connectivity index (χ1) is 6.27. The van der Waals surface area contributed by atoms with E-state index in [0.29, 0.717) is 12.6 Å². The van der Waals surface area contributed by atoms with Crippen molar-refractivity contribution in [1.29, 1.82) is 0 Å². The SMILES string of the molecule is COCC(CN)N1CCSC(C)C1. The molecule has 1 saturated heterocycles. The Balaban J connectivity index is 2.37. The molecule has 0 amide bonds. The maximum Gasteiger partial charge on any atom is 0.0630 e. The van der Waals surface area contributed by atoms with Crippen molar-refractivity contribution >= 4 is 11.8 Å². The molecule has 0 radical (unpaired) electrons. The highest BCUT2D eigenvalue weighted by Gasteiger charge is 2.22. The quantitative estimate of drug-likeness (QED) is 0.719. The summed E-state index contributed by atoms with van der Waals surface area (Å²) in [6.07, 6.45) is 0. The topological polar surface area (TPSA) is 38.5 Å². The molecule has 2 unspecified atom stereocenters. The van der Waals surface area contributed by atoms with E-state index in [1.165, 1.54) is 5.75 Å². The molecule has 2 N–H and O–H groups in total. The van der Waals surface area contributed by atoms with Crippen LogP contribution in [0.15, 0.2) is 0 Å². The Bertz CT molecular complexity index is 146. The predicted octanol–water partition coefficient (Wildman–Crippen LogP) is 0.397. The fourth-order valence-electron chi connectivity index (χ4n) is 1.69. The van der Waals surface area contributed by atoms with Crippen molar-refractivity contribution in [1.82, 2.24) is 4.90 Å². The first-order valence-corrected chi connectivity index (χ1v) is 5.87. The van der Waals surface area contributed by atoms with Crippen LogP contribution in [0.4, 0.5) is 0 Å². The second kappa shape index (κ2) is 5.86. The molecule has 3 nitrogen and oxygen atoms in total. The van der Waals surface area contributed by atoms with E-state index in [1.807, 2.05) is 11.8 Å². The molecule has 1 rings (SSSR count). The Kier molecular flexibility index (Phi) is 5.09. The van der Waals surface area contributed by atoms with Crippen LogP contribution in [0.5, 0.6) is 0 Å². The van der Waals surface area contributed by atoms with Gasteiger partial charge >= 0.3 is 0 Å². The number of nitrogens with two attached hydrogens (primary N) is 1. The molecule has 4 heteroatoms. The summed E-state index contributed by atoms with van der Waals surface area (Å²) in [5.74, 6) is 1.22. The second-order valence-corrected chi connectivity index (χ2v) is 5.07. The van der Waals surface area contributed by atoms with E-state index in [2.05, 4.69) is 11.8 Å². The van der Waals surface area contributed by atoms with Gasteiger partial charge in [-0.05, 0) is 0 Å². The number of ether oxygens (including phenoxy) is 1. The van der Waals surface area contributed by atoms with Crippen LogP contribution >= 0.6 is 11.8 Å². The van der Waals surface area contributed by atoms with Gasteiger partial charge in [0.2, 0.25) is 0 Å². The van der Waals surface area contributed by atoms with Crippen LogP contribution in [-0.2, 0) is 4.74 Å². The molecule has 1 heterocycles. The number of methoxy groups -OCH3 is 1. The average molecular weight is 204 g/mol. The third-order valence-electron chi connectivity index (χ3n) is 2.42. The molecule has 1 aliphatic rings. The van der Waals surface area contributed by atoms with Gasteiger partial charge in [-0.25, -0.2) is 0 Å². The third-order valence-corrected chi connectivity index (χ3v) is 3.56. The minimum absolute atomic E-state index is 0.411. The lowest BCUT2D eigenvalue weighted by Crippen LogP contribution is -2.49. The fraction of sp³-hybridized carbons (Fsp3) is 1.00. The summed E-state index contributed by atoms with van der Waals surface area (Å²) in [6, 6.07) is 0.411. The van der Waals surface area contributed by atoms with Crippen molar-refractivity contribution in [2.75, 3.05) is 39.1 Å². The van der Waals surface area contributed by atoms with Gasteiger partial charge in [-0.1, -0.05) is 6.92 Å². The number of rotatable bonds is 4. The summed E-state index contributed by atoms with van der Waals surface area (Å²) in [5.41, 5.74) is 5.71. The summed E-state index contributed by atoms with van der Waals surface area (Å²) >= 11 is 2.04. The monoisotopic (exact) mass is 204 g/mol. The van der Waals surface area contributed by atoms with Gasteiger partial charge in [-0.2, -0.15) is 11.8 Å². The van der Waals surface area contributed by atoms with Crippen molar-refractivity contribution < 1.29 is 4.74 Å². The van der Waals surface area contributed by atoms with Crippen LogP contribution in [-0.4, -0.2) is 55.3 Å². The normalized spacial score (nSPS) is 27.5. The van der Waals surface area contributed by atoms with Crippen molar-refractivity contribution in [2.45, 2.75) is 18.2 Å². The van der Waals surface area contributed by atoms with Crippen molar-refractivity contribution in [3.8, 4) is 0 Å². The number of hydrogen-bond donors (Lipinski definition) is 1. The van der Waals surface area contributed by atoms with Gasteiger partial charge in [0.1, 0.15) is 0 Å². The first kappa shape index (κ1) is 11.3. The molecule has 0 spiro atoms. The molecule has 0 aromatic carbocycles. The molecule has 0 aliphatic carbocycles. The molecule has 1 aliphatic heterocycles. The van der Waals surface area contributed by atoms with Crippen LogP contribution in [0.2, 0.25) is 0 Å². The van der Waals surface area contributed by atoms with Crippen molar-refractivity contribution in [3.63, 3.8) is 0 Å². The molecule has 0 bridgehead atoms. The van der Waals surface area contributed by atoms with Gasteiger partial charge < -0.3 is 10.5 Å². The smallest absolute Gasteiger partial charge is 0.0630 e. The molecule has 0 aromatic heterocycles. The zero-order valence-electron chi connectivity index (χ0n) is 8.53. The third kappa shape index (κ3) is 3.46. The Morgan fingerprint density at radius 1 is 1.69 bits per heavy atom. The number of hydrogen-bond acceptors (Lipinski definition) is 4. The highest BCUT2D eigenvalue weighted by molar-refractivity contribution is 7.99. The largest absolute Gasteiger partial charge is 0.383 e. The molecule has 13 heavy (non-hydrogen) atoms. The minimum Gasteiger partial charge on any atom is -0.383 e. The lowest BCUT2D eigenvalue weighted by molar-refractivity contribution is 0.0968.